The number of nitrogens with zero attached hydrogens (tertiary/aromatic N) is 1. The van der Waals surface area contributed by atoms with Gasteiger partial charge in [-0.2, -0.15) is 0 Å². The molecule has 0 aliphatic heterocycles. The van der Waals surface area contributed by atoms with Gasteiger partial charge in [0.25, 0.3) is 0 Å². The van der Waals surface area contributed by atoms with Crippen LogP contribution in [0.1, 0.15) is 45.4 Å². The van der Waals surface area contributed by atoms with Crippen LogP contribution >= 0.6 is 23.2 Å². The van der Waals surface area contributed by atoms with E-state index in [1.807, 2.05) is 29.2 Å². The fourth-order valence-electron chi connectivity index (χ4n) is 2.90. The van der Waals surface area contributed by atoms with Crippen molar-refractivity contribution in [2.45, 2.75) is 50.8 Å². The second kappa shape index (κ2) is 8.05. The van der Waals surface area contributed by atoms with Gasteiger partial charge in [-0.15, -0.1) is 11.6 Å². The van der Waals surface area contributed by atoms with Gasteiger partial charge in [-0.25, -0.2) is 0 Å². The largest absolute Gasteiger partial charge is 0.312 e. The smallest absolute Gasteiger partial charge is 0.230 e. The Morgan fingerprint density at radius 1 is 1.38 bits per heavy atom. The summed E-state index contributed by atoms with van der Waals surface area (Å²) in [5.74, 6) is 0.258. The number of alkyl halides is 1. The Bertz CT molecular complexity index is 478. The molecule has 1 amide bonds. The number of amides is 1. The van der Waals surface area contributed by atoms with E-state index in [1.165, 1.54) is 0 Å². The zero-order valence-electron chi connectivity index (χ0n) is 12.5. The number of unbranched alkanes of at least 4 members (excludes halogenated alkanes) is 1. The number of carbonyl (C=O) groups excluding carboxylic acids is 1. The Morgan fingerprint density at radius 3 is 2.86 bits per heavy atom. The first-order valence-corrected chi connectivity index (χ1v) is 8.64. The van der Waals surface area contributed by atoms with E-state index in [0.717, 1.165) is 50.8 Å². The summed E-state index contributed by atoms with van der Waals surface area (Å²) in [6, 6.07) is 7.56. The maximum atomic E-state index is 12.9. The highest BCUT2D eigenvalue weighted by molar-refractivity contribution is 6.30. The minimum Gasteiger partial charge on any atom is -0.312 e. The van der Waals surface area contributed by atoms with Crippen molar-refractivity contribution in [3.8, 4) is 0 Å². The van der Waals surface area contributed by atoms with Gasteiger partial charge in [-0.1, -0.05) is 37.4 Å². The molecule has 0 aromatic heterocycles. The van der Waals surface area contributed by atoms with E-state index in [4.69, 9.17) is 23.2 Å². The first kappa shape index (κ1) is 16.6. The lowest BCUT2D eigenvalue weighted by molar-refractivity contribution is -0.123. The topological polar surface area (TPSA) is 20.3 Å². The zero-order valence-corrected chi connectivity index (χ0v) is 14.0. The zero-order chi connectivity index (χ0) is 15.2. The molecule has 2 rings (SSSR count). The lowest BCUT2D eigenvalue weighted by Crippen LogP contribution is -2.39. The van der Waals surface area contributed by atoms with Crippen LogP contribution in [0.2, 0.25) is 5.02 Å². The monoisotopic (exact) mass is 327 g/mol. The molecule has 1 aliphatic rings. The van der Waals surface area contributed by atoms with Crippen LogP contribution in [0, 0.1) is 5.92 Å². The third kappa shape index (κ3) is 4.62. The summed E-state index contributed by atoms with van der Waals surface area (Å²) in [4.78, 5) is 14.8. The van der Waals surface area contributed by atoms with E-state index in [0.29, 0.717) is 5.02 Å². The SMILES string of the molecule is CCCCN(C(=O)C1CCCC(Cl)C1)c1cccc(Cl)c1. The second-order valence-corrected chi connectivity index (χ2v) is 6.84. The summed E-state index contributed by atoms with van der Waals surface area (Å²) in [6.45, 7) is 2.88. The first-order valence-electron chi connectivity index (χ1n) is 7.82. The van der Waals surface area contributed by atoms with Crippen LogP contribution in [0.5, 0.6) is 0 Å². The molecule has 0 radical (unpaired) electrons. The standard InChI is InChI=1S/C17H23Cl2NO/c1-2-3-10-20(16-9-5-8-15(19)12-16)17(21)13-6-4-7-14(18)11-13/h5,8-9,12-14H,2-4,6-7,10-11H2,1H3. The van der Waals surface area contributed by atoms with Gasteiger partial charge in [0.15, 0.2) is 0 Å². The molecule has 2 nitrogen and oxygen atoms in total. The molecule has 1 aliphatic carbocycles. The van der Waals surface area contributed by atoms with E-state index in [2.05, 4.69) is 6.92 Å². The fourth-order valence-corrected chi connectivity index (χ4v) is 3.46. The maximum absolute atomic E-state index is 12.9. The minimum absolute atomic E-state index is 0.0529. The van der Waals surface area contributed by atoms with Crippen molar-refractivity contribution >= 4 is 34.8 Å². The van der Waals surface area contributed by atoms with Crippen molar-refractivity contribution in [2.24, 2.45) is 5.92 Å². The third-order valence-corrected chi connectivity index (χ3v) is 4.71. The molecular formula is C17H23Cl2NO. The van der Waals surface area contributed by atoms with Crippen LogP contribution in [0.4, 0.5) is 5.69 Å². The molecule has 0 bridgehead atoms. The summed E-state index contributed by atoms with van der Waals surface area (Å²) < 4.78 is 0. The number of halogens is 2. The Kier molecular flexibility index (Phi) is 6.38. The van der Waals surface area contributed by atoms with Gasteiger partial charge in [-0.3, -0.25) is 4.79 Å². The molecule has 0 heterocycles. The van der Waals surface area contributed by atoms with Gasteiger partial charge >= 0.3 is 0 Å². The molecule has 2 unspecified atom stereocenters. The Hall–Kier alpha value is -0.730. The van der Waals surface area contributed by atoms with Gasteiger partial charge in [0.1, 0.15) is 0 Å². The highest BCUT2D eigenvalue weighted by Gasteiger charge is 2.30. The van der Waals surface area contributed by atoms with Gasteiger partial charge in [0, 0.05) is 28.5 Å². The predicted octanol–water partition coefficient (Wildman–Crippen LogP) is 5.27. The maximum Gasteiger partial charge on any atom is 0.230 e. The van der Waals surface area contributed by atoms with Crippen molar-refractivity contribution in [1.82, 2.24) is 0 Å². The van der Waals surface area contributed by atoms with Crippen molar-refractivity contribution in [2.75, 3.05) is 11.4 Å². The number of rotatable bonds is 5. The number of hydrogen-bond acceptors (Lipinski definition) is 1. The molecule has 1 aromatic rings. The normalized spacial score (nSPS) is 22.0. The van der Waals surface area contributed by atoms with E-state index >= 15 is 0 Å². The fraction of sp³-hybridized carbons (Fsp3) is 0.588. The van der Waals surface area contributed by atoms with Crippen LogP contribution in [0.3, 0.4) is 0 Å². The van der Waals surface area contributed by atoms with E-state index in [9.17, 15) is 4.79 Å². The molecule has 2 atom stereocenters. The average Bonchev–Trinajstić information content (AvgIpc) is 2.47. The third-order valence-electron chi connectivity index (χ3n) is 4.08. The summed E-state index contributed by atoms with van der Waals surface area (Å²) >= 11 is 12.3. The number of hydrogen-bond donors (Lipinski definition) is 0. The van der Waals surface area contributed by atoms with Crippen molar-refractivity contribution < 1.29 is 4.79 Å². The molecule has 21 heavy (non-hydrogen) atoms. The van der Waals surface area contributed by atoms with Crippen LogP contribution in [-0.2, 0) is 4.79 Å². The highest BCUT2D eigenvalue weighted by atomic mass is 35.5. The summed E-state index contributed by atoms with van der Waals surface area (Å²) in [5.41, 5.74) is 0.901. The van der Waals surface area contributed by atoms with Crippen molar-refractivity contribution in [1.29, 1.82) is 0 Å². The van der Waals surface area contributed by atoms with Gasteiger partial charge in [0.2, 0.25) is 5.91 Å². The minimum atomic E-state index is 0.0529. The van der Waals surface area contributed by atoms with E-state index in [-0.39, 0.29) is 17.2 Å². The number of anilines is 1. The lowest BCUT2D eigenvalue weighted by atomic mass is 9.87. The number of carbonyl (C=O) groups is 1. The highest BCUT2D eigenvalue weighted by Crippen LogP contribution is 2.31. The lowest BCUT2D eigenvalue weighted by Gasteiger charge is -2.31. The van der Waals surface area contributed by atoms with Crippen LogP contribution < -0.4 is 4.90 Å². The Balaban J connectivity index is 2.16. The van der Waals surface area contributed by atoms with Crippen molar-refractivity contribution in [3.05, 3.63) is 29.3 Å². The summed E-state index contributed by atoms with van der Waals surface area (Å²) in [5, 5.41) is 0.806. The molecule has 0 N–H and O–H groups in total. The van der Waals surface area contributed by atoms with Crippen LogP contribution in [0.25, 0.3) is 0 Å². The van der Waals surface area contributed by atoms with E-state index < -0.39 is 0 Å². The molecule has 0 saturated heterocycles. The quantitative estimate of drug-likeness (QED) is 0.674. The van der Waals surface area contributed by atoms with E-state index in [1.54, 1.807) is 0 Å². The van der Waals surface area contributed by atoms with Crippen LogP contribution in [0.15, 0.2) is 24.3 Å². The molecule has 4 heteroatoms. The predicted molar refractivity (Wildman–Crippen MR) is 90.3 cm³/mol. The first-order chi connectivity index (χ1) is 10.1. The molecule has 116 valence electrons. The molecule has 1 saturated carbocycles. The molecule has 1 fully saturated rings. The Morgan fingerprint density at radius 2 is 2.19 bits per heavy atom. The van der Waals surface area contributed by atoms with Gasteiger partial charge < -0.3 is 4.90 Å². The number of benzene rings is 1. The van der Waals surface area contributed by atoms with Gasteiger partial charge in [0.05, 0.1) is 0 Å². The van der Waals surface area contributed by atoms with Crippen molar-refractivity contribution in [3.63, 3.8) is 0 Å². The summed E-state index contributed by atoms with van der Waals surface area (Å²) in [6.07, 6.45) is 5.87. The Labute approximate surface area is 137 Å². The molecule has 0 spiro atoms. The van der Waals surface area contributed by atoms with Crippen LogP contribution in [-0.4, -0.2) is 17.8 Å². The average molecular weight is 328 g/mol. The molecule has 1 aromatic carbocycles. The van der Waals surface area contributed by atoms with Gasteiger partial charge in [-0.05, 0) is 43.9 Å². The summed E-state index contributed by atoms with van der Waals surface area (Å²) in [7, 11) is 0. The second-order valence-electron chi connectivity index (χ2n) is 5.78. The molecular weight excluding hydrogens is 305 g/mol.